The maximum Gasteiger partial charge on any atom is 0.236 e. The van der Waals surface area contributed by atoms with Gasteiger partial charge >= 0.3 is 0 Å². The lowest BCUT2D eigenvalue weighted by Crippen LogP contribution is -2.53. The van der Waals surface area contributed by atoms with Crippen LogP contribution in [0.1, 0.15) is 37.7 Å². The van der Waals surface area contributed by atoms with E-state index in [2.05, 4.69) is 47.1 Å². The van der Waals surface area contributed by atoms with Crippen molar-refractivity contribution in [2.45, 2.75) is 32.1 Å². The van der Waals surface area contributed by atoms with Crippen molar-refractivity contribution >= 4 is 5.91 Å². The zero-order chi connectivity index (χ0) is 19.4. The summed E-state index contributed by atoms with van der Waals surface area (Å²) in [7, 11) is 0. The highest BCUT2D eigenvalue weighted by Gasteiger charge is 2.42. The van der Waals surface area contributed by atoms with E-state index in [1.165, 1.54) is 37.9 Å². The van der Waals surface area contributed by atoms with Crippen LogP contribution in [0.4, 0.5) is 0 Å². The first kappa shape index (κ1) is 19.9. The molecule has 1 atom stereocenters. The Labute approximate surface area is 169 Å². The molecule has 1 spiro atoms. The first-order chi connectivity index (χ1) is 13.7. The summed E-state index contributed by atoms with van der Waals surface area (Å²) in [4.78, 5) is 19.6. The van der Waals surface area contributed by atoms with Gasteiger partial charge < -0.3 is 14.5 Å². The van der Waals surface area contributed by atoms with E-state index in [-0.39, 0.29) is 5.91 Å². The van der Waals surface area contributed by atoms with Crippen molar-refractivity contribution in [1.82, 2.24) is 14.7 Å². The fraction of sp³-hybridized carbons (Fsp3) is 0.696. The molecule has 3 fully saturated rings. The van der Waals surface area contributed by atoms with Crippen LogP contribution >= 0.6 is 0 Å². The molecule has 5 heteroatoms. The third kappa shape index (κ3) is 4.58. The third-order valence-electron chi connectivity index (χ3n) is 7.07. The van der Waals surface area contributed by atoms with E-state index in [1.807, 2.05) is 4.90 Å². The largest absolute Gasteiger partial charge is 0.378 e. The lowest BCUT2D eigenvalue weighted by molar-refractivity contribution is -0.137. The average molecular weight is 386 g/mol. The van der Waals surface area contributed by atoms with Gasteiger partial charge in [-0.2, -0.15) is 0 Å². The molecule has 0 aliphatic carbocycles. The number of piperidine rings is 2. The van der Waals surface area contributed by atoms with Crippen LogP contribution in [-0.2, 0) is 9.53 Å². The molecule has 154 valence electrons. The van der Waals surface area contributed by atoms with E-state index in [0.717, 1.165) is 32.7 Å². The van der Waals surface area contributed by atoms with Gasteiger partial charge in [0.05, 0.1) is 19.8 Å². The SMILES string of the molecule is CCN1C[C@H](c2ccccc2)CC2(CCN(CC(=O)N3CCOCC3)CC2)C1. The van der Waals surface area contributed by atoms with E-state index >= 15 is 0 Å². The highest BCUT2D eigenvalue weighted by molar-refractivity contribution is 5.78. The number of carbonyl (C=O) groups excluding carboxylic acids is 1. The Balaban J connectivity index is 1.35. The predicted octanol–water partition coefficient (Wildman–Crippen LogP) is 2.44. The standard InChI is InChI=1S/C23H35N3O2/c1-2-24-17-21(20-6-4-3-5-7-20)16-23(19-24)8-10-25(11-9-23)18-22(27)26-12-14-28-15-13-26/h3-7,21H,2,8-19H2,1H3/t21-/m1/s1. The molecule has 0 aromatic heterocycles. The second-order valence-electron chi connectivity index (χ2n) is 8.91. The summed E-state index contributed by atoms with van der Waals surface area (Å²) >= 11 is 0. The molecular weight excluding hydrogens is 350 g/mol. The number of hydrogen-bond donors (Lipinski definition) is 0. The molecule has 1 aromatic carbocycles. The van der Waals surface area contributed by atoms with Crippen molar-refractivity contribution in [3.8, 4) is 0 Å². The molecule has 3 heterocycles. The minimum Gasteiger partial charge on any atom is -0.378 e. The monoisotopic (exact) mass is 385 g/mol. The van der Waals surface area contributed by atoms with Crippen molar-refractivity contribution < 1.29 is 9.53 Å². The Kier molecular flexibility index (Phi) is 6.34. The molecule has 0 N–H and O–H groups in total. The molecular formula is C23H35N3O2. The molecule has 0 unspecified atom stereocenters. The molecule has 4 rings (SSSR count). The minimum atomic E-state index is 0.278. The van der Waals surface area contributed by atoms with Gasteiger partial charge in [0, 0.05) is 26.2 Å². The van der Waals surface area contributed by atoms with E-state index < -0.39 is 0 Å². The summed E-state index contributed by atoms with van der Waals surface area (Å²) < 4.78 is 5.37. The Morgan fingerprint density at radius 1 is 1.07 bits per heavy atom. The van der Waals surface area contributed by atoms with Crippen LogP contribution in [0.15, 0.2) is 30.3 Å². The molecule has 28 heavy (non-hydrogen) atoms. The van der Waals surface area contributed by atoms with Crippen molar-refractivity contribution in [3.63, 3.8) is 0 Å². The van der Waals surface area contributed by atoms with Crippen molar-refractivity contribution in [2.75, 3.05) is 65.6 Å². The van der Waals surface area contributed by atoms with Gasteiger partial charge in [-0.25, -0.2) is 0 Å². The normalized spacial score (nSPS) is 26.5. The number of likely N-dealkylation sites (tertiary alicyclic amines) is 2. The Morgan fingerprint density at radius 3 is 2.46 bits per heavy atom. The maximum absolute atomic E-state index is 12.6. The average Bonchev–Trinajstić information content (AvgIpc) is 2.76. The van der Waals surface area contributed by atoms with Crippen LogP contribution < -0.4 is 0 Å². The lowest BCUT2D eigenvalue weighted by Gasteiger charge is -2.50. The van der Waals surface area contributed by atoms with Gasteiger partial charge in [-0.05, 0) is 55.8 Å². The van der Waals surface area contributed by atoms with Crippen molar-refractivity contribution in [3.05, 3.63) is 35.9 Å². The molecule has 0 bridgehead atoms. The summed E-state index contributed by atoms with van der Waals surface area (Å²) in [5, 5.41) is 0. The maximum atomic E-state index is 12.6. The van der Waals surface area contributed by atoms with Gasteiger partial charge in [0.15, 0.2) is 0 Å². The highest BCUT2D eigenvalue weighted by atomic mass is 16.5. The Bertz CT molecular complexity index is 637. The molecule has 3 saturated heterocycles. The van der Waals surface area contributed by atoms with Crippen LogP contribution in [0.3, 0.4) is 0 Å². The van der Waals surface area contributed by atoms with Crippen LogP contribution in [0.5, 0.6) is 0 Å². The lowest BCUT2D eigenvalue weighted by atomic mass is 9.68. The summed E-state index contributed by atoms with van der Waals surface area (Å²) in [6, 6.07) is 11.1. The number of carbonyl (C=O) groups is 1. The molecule has 5 nitrogen and oxygen atoms in total. The van der Waals surface area contributed by atoms with E-state index in [4.69, 9.17) is 4.74 Å². The van der Waals surface area contributed by atoms with Crippen molar-refractivity contribution in [2.24, 2.45) is 5.41 Å². The predicted molar refractivity (Wildman–Crippen MR) is 111 cm³/mol. The summed E-state index contributed by atoms with van der Waals surface area (Å²) in [6.07, 6.45) is 3.71. The van der Waals surface area contributed by atoms with Crippen molar-refractivity contribution in [1.29, 1.82) is 0 Å². The van der Waals surface area contributed by atoms with E-state index in [0.29, 0.717) is 31.1 Å². The first-order valence-corrected chi connectivity index (χ1v) is 11.0. The number of rotatable bonds is 4. The molecule has 1 aromatic rings. The third-order valence-corrected chi connectivity index (χ3v) is 7.07. The van der Waals surface area contributed by atoms with Gasteiger partial charge in [0.1, 0.15) is 0 Å². The molecule has 0 radical (unpaired) electrons. The first-order valence-electron chi connectivity index (χ1n) is 11.0. The van der Waals surface area contributed by atoms with Crippen LogP contribution in [0, 0.1) is 5.41 Å². The number of likely N-dealkylation sites (N-methyl/N-ethyl adjacent to an activating group) is 1. The molecule has 3 aliphatic rings. The number of morpholine rings is 1. The van der Waals surface area contributed by atoms with Gasteiger partial charge in [-0.3, -0.25) is 9.69 Å². The molecule has 0 saturated carbocycles. The number of nitrogens with zero attached hydrogens (tertiary/aromatic N) is 3. The van der Waals surface area contributed by atoms with Gasteiger partial charge in [-0.15, -0.1) is 0 Å². The number of ether oxygens (including phenoxy) is 1. The highest BCUT2D eigenvalue weighted by Crippen LogP contribution is 2.44. The van der Waals surface area contributed by atoms with Crippen LogP contribution in [0.2, 0.25) is 0 Å². The Morgan fingerprint density at radius 2 is 1.79 bits per heavy atom. The second kappa shape index (κ2) is 8.93. The molecule has 1 amide bonds. The quantitative estimate of drug-likeness (QED) is 0.798. The molecule has 3 aliphatic heterocycles. The van der Waals surface area contributed by atoms with E-state index in [9.17, 15) is 4.79 Å². The van der Waals surface area contributed by atoms with Gasteiger partial charge in [0.25, 0.3) is 0 Å². The summed E-state index contributed by atoms with van der Waals surface area (Å²) in [6.45, 7) is 11.4. The van der Waals surface area contributed by atoms with Gasteiger partial charge in [-0.1, -0.05) is 37.3 Å². The zero-order valence-electron chi connectivity index (χ0n) is 17.3. The summed E-state index contributed by atoms with van der Waals surface area (Å²) in [5.74, 6) is 0.914. The minimum absolute atomic E-state index is 0.278. The smallest absolute Gasteiger partial charge is 0.236 e. The summed E-state index contributed by atoms with van der Waals surface area (Å²) in [5.41, 5.74) is 1.90. The Hall–Kier alpha value is -1.43. The van der Waals surface area contributed by atoms with E-state index in [1.54, 1.807) is 0 Å². The van der Waals surface area contributed by atoms with Crippen LogP contribution in [0.25, 0.3) is 0 Å². The van der Waals surface area contributed by atoms with Gasteiger partial charge in [0.2, 0.25) is 5.91 Å². The second-order valence-corrected chi connectivity index (χ2v) is 8.91. The number of hydrogen-bond acceptors (Lipinski definition) is 4. The topological polar surface area (TPSA) is 36.0 Å². The number of benzene rings is 1. The van der Waals surface area contributed by atoms with Crippen LogP contribution in [-0.4, -0.2) is 86.2 Å². The fourth-order valence-electron chi connectivity index (χ4n) is 5.34. The zero-order valence-corrected chi connectivity index (χ0v) is 17.3. The number of amides is 1. The fourth-order valence-corrected chi connectivity index (χ4v) is 5.34.